The number of nitrogens with one attached hydrogen (secondary N) is 1. The summed E-state index contributed by atoms with van der Waals surface area (Å²) in [5.74, 6) is -0.523. The van der Waals surface area contributed by atoms with E-state index in [-0.39, 0.29) is 17.1 Å². The van der Waals surface area contributed by atoms with E-state index in [9.17, 15) is 14.9 Å². The smallest absolute Gasteiger partial charge is 0.298 e. The maximum absolute atomic E-state index is 12.4. The van der Waals surface area contributed by atoms with Crippen molar-refractivity contribution in [3.63, 3.8) is 0 Å². The fraction of sp³-hybridized carbons (Fsp3) is 0.357. The Labute approximate surface area is 136 Å². The number of fused-ring (bicyclic) bond motifs is 1. The number of hydrogen-bond donors (Lipinski definition) is 1. The molecular weight excluding hydrogens is 316 g/mol. The van der Waals surface area contributed by atoms with Gasteiger partial charge in [-0.25, -0.2) is 4.98 Å². The minimum atomic E-state index is -0.817. The number of rotatable bonds is 3. The van der Waals surface area contributed by atoms with Crippen LogP contribution in [-0.4, -0.2) is 36.8 Å². The zero-order chi connectivity index (χ0) is 16.7. The van der Waals surface area contributed by atoms with Crippen LogP contribution in [0.3, 0.4) is 0 Å². The Morgan fingerprint density at radius 2 is 2.13 bits per heavy atom. The van der Waals surface area contributed by atoms with Crippen molar-refractivity contribution >= 4 is 29.3 Å². The van der Waals surface area contributed by atoms with Gasteiger partial charge in [0, 0.05) is 25.0 Å². The lowest BCUT2D eigenvalue weighted by Crippen LogP contribution is -2.24. The molecule has 0 unspecified atom stereocenters. The summed E-state index contributed by atoms with van der Waals surface area (Å²) in [6, 6.07) is 2.03. The highest BCUT2D eigenvalue weighted by Gasteiger charge is 2.27. The molecule has 1 aliphatic heterocycles. The summed E-state index contributed by atoms with van der Waals surface area (Å²) in [6.07, 6.45) is 0. The first-order valence-corrected chi connectivity index (χ1v) is 7.92. The molecule has 1 N–H and O–H groups in total. The first kappa shape index (κ1) is 15.3. The molecule has 23 heavy (non-hydrogen) atoms. The monoisotopic (exact) mass is 330 g/mol. The quantitative estimate of drug-likeness (QED) is 0.665. The highest BCUT2D eigenvalue weighted by molar-refractivity contribution is 7.99. The van der Waals surface area contributed by atoms with E-state index >= 15 is 0 Å². The van der Waals surface area contributed by atoms with Crippen LogP contribution in [0.15, 0.2) is 5.16 Å². The zero-order valence-electron chi connectivity index (χ0n) is 12.9. The summed E-state index contributed by atoms with van der Waals surface area (Å²) < 4.78 is 3.30. The van der Waals surface area contributed by atoms with Gasteiger partial charge in [0.05, 0.1) is 11.3 Å². The molecule has 1 aliphatic rings. The summed E-state index contributed by atoms with van der Waals surface area (Å²) in [7, 11) is 1.71. The van der Waals surface area contributed by atoms with Crippen molar-refractivity contribution in [1.29, 1.82) is 5.26 Å². The van der Waals surface area contributed by atoms with Crippen LogP contribution in [0, 0.1) is 25.2 Å². The Morgan fingerprint density at radius 1 is 1.39 bits per heavy atom. The number of ketones is 1. The molecular formula is C14H14N6O2S. The van der Waals surface area contributed by atoms with Gasteiger partial charge in [0.1, 0.15) is 6.07 Å². The standard InChI is InChI=1S/C14H14N6O2S/c1-7-10(8(2)19(3)18-7)11(21)13(22)16-12-9(6-15)20-4-5-23-14(20)17-12/h4-5H2,1-3H3,(H,16,22). The van der Waals surface area contributed by atoms with Gasteiger partial charge in [-0.3, -0.25) is 14.3 Å². The molecule has 0 bridgehead atoms. The highest BCUT2D eigenvalue weighted by Crippen LogP contribution is 2.30. The van der Waals surface area contributed by atoms with E-state index in [4.69, 9.17) is 0 Å². The van der Waals surface area contributed by atoms with Gasteiger partial charge in [0.2, 0.25) is 0 Å². The summed E-state index contributed by atoms with van der Waals surface area (Å²) in [5.41, 5.74) is 1.66. The lowest BCUT2D eigenvalue weighted by molar-refractivity contribution is -0.112. The first-order chi connectivity index (χ1) is 10.9. The predicted octanol–water partition coefficient (Wildman–Crippen LogP) is 1.03. The number of anilines is 1. The van der Waals surface area contributed by atoms with Crippen molar-refractivity contribution in [2.75, 3.05) is 11.1 Å². The van der Waals surface area contributed by atoms with Crippen LogP contribution in [0.5, 0.6) is 0 Å². The van der Waals surface area contributed by atoms with Crippen molar-refractivity contribution in [2.45, 2.75) is 25.5 Å². The third-order valence-corrected chi connectivity index (χ3v) is 4.72. The van der Waals surface area contributed by atoms with Crippen LogP contribution in [0.4, 0.5) is 5.82 Å². The number of Topliss-reactive ketones (excluding diaryl/α,β-unsaturated/α-hetero) is 1. The van der Waals surface area contributed by atoms with Crippen LogP contribution in [0.1, 0.15) is 27.4 Å². The minimum Gasteiger partial charge on any atom is -0.308 e. The second-order valence-electron chi connectivity index (χ2n) is 5.16. The van der Waals surface area contributed by atoms with Crippen molar-refractivity contribution in [3.8, 4) is 6.07 Å². The summed E-state index contributed by atoms with van der Waals surface area (Å²) in [4.78, 5) is 28.9. The molecule has 0 aliphatic carbocycles. The molecule has 0 spiro atoms. The number of nitriles is 1. The molecule has 3 heterocycles. The van der Waals surface area contributed by atoms with Gasteiger partial charge in [-0.15, -0.1) is 0 Å². The van der Waals surface area contributed by atoms with E-state index in [1.54, 1.807) is 30.1 Å². The number of carbonyl (C=O) groups excluding carboxylic acids is 2. The van der Waals surface area contributed by atoms with Crippen LogP contribution in [0.25, 0.3) is 0 Å². The lowest BCUT2D eigenvalue weighted by Gasteiger charge is -2.03. The second kappa shape index (κ2) is 5.55. The van der Waals surface area contributed by atoms with Crippen LogP contribution in [-0.2, 0) is 18.4 Å². The molecule has 1 amide bonds. The van der Waals surface area contributed by atoms with Gasteiger partial charge < -0.3 is 9.88 Å². The molecule has 9 heteroatoms. The average Bonchev–Trinajstić information content (AvgIpc) is 3.13. The van der Waals surface area contributed by atoms with Crippen molar-refractivity contribution in [1.82, 2.24) is 19.3 Å². The molecule has 0 fully saturated rings. The molecule has 3 rings (SSSR count). The number of carbonyl (C=O) groups is 2. The molecule has 8 nitrogen and oxygen atoms in total. The molecule has 118 valence electrons. The number of aryl methyl sites for hydroxylation is 2. The van der Waals surface area contributed by atoms with Gasteiger partial charge in [0.15, 0.2) is 16.7 Å². The normalized spacial score (nSPS) is 12.8. The van der Waals surface area contributed by atoms with E-state index in [0.717, 1.165) is 5.75 Å². The van der Waals surface area contributed by atoms with Gasteiger partial charge in [-0.05, 0) is 13.8 Å². The Balaban J connectivity index is 1.88. The number of nitrogens with zero attached hydrogens (tertiary/aromatic N) is 5. The number of imidazole rings is 1. The third kappa shape index (κ3) is 2.41. The van der Waals surface area contributed by atoms with E-state index < -0.39 is 11.7 Å². The van der Waals surface area contributed by atoms with Crippen molar-refractivity contribution in [2.24, 2.45) is 7.05 Å². The molecule has 0 saturated carbocycles. The largest absolute Gasteiger partial charge is 0.308 e. The van der Waals surface area contributed by atoms with Crippen molar-refractivity contribution < 1.29 is 9.59 Å². The van der Waals surface area contributed by atoms with Crippen LogP contribution < -0.4 is 5.32 Å². The van der Waals surface area contributed by atoms with Gasteiger partial charge >= 0.3 is 0 Å². The van der Waals surface area contributed by atoms with E-state index in [2.05, 4.69) is 15.4 Å². The van der Waals surface area contributed by atoms with Gasteiger partial charge in [-0.2, -0.15) is 10.4 Å². The Bertz CT molecular complexity index is 873. The molecule has 0 atom stereocenters. The van der Waals surface area contributed by atoms with Crippen LogP contribution >= 0.6 is 11.8 Å². The Morgan fingerprint density at radius 3 is 2.74 bits per heavy atom. The maximum atomic E-state index is 12.4. The SMILES string of the molecule is Cc1nn(C)c(C)c1C(=O)C(=O)Nc1nc2n(c1C#N)CCS2. The highest BCUT2D eigenvalue weighted by atomic mass is 32.2. The summed E-state index contributed by atoms with van der Waals surface area (Å²) in [5, 5.41) is 16.5. The van der Waals surface area contributed by atoms with E-state index in [0.29, 0.717) is 23.1 Å². The number of amides is 1. The molecule has 0 saturated heterocycles. The van der Waals surface area contributed by atoms with Crippen molar-refractivity contribution in [3.05, 3.63) is 22.6 Å². The van der Waals surface area contributed by atoms with E-state index in [1.165, 1.54) is 11.8 Å². The average molecular weight is 330 g/mol. The summed E-state index contributed by atoms with van der Waals surface area (Å²) >= 11 is 1.51. The number of hydrogen-bond acceptors (Lipinski definition) is 6. The lowest BCUT2D eigenvalue weighted by atomic mass is 10.1. The number of aromatic nitrogens is 4. The molecule has 2 aromatic heterocycles. The predicted molar refractivity (Wildman–Crippen MR) is 83.3 cm³/mol. The number of thioether (sulfide) groups is 1. The first-order valence-electron chi connectivity index (χ1n) is 6.93. The van der Waals surface area contributed by atoms with Gasteiger partial charge in [0.25, 0.3) is 11.7 Å². The maximum Gasteiger partial charge on any atom is 0.298 e. The fourth-order valence-corrected chi connectivity index (χ4v) is 3.51. The second-order valence-corrected chi connectivity index (χ2v) is 6.22. The third-order valence-electron chi connectivity index (χ3n) is 3.76. The molecule has 0 radical (unpaired) electrons. The molecule has 2 aromatic rings. The molecule has 0 aromatic carbocycles. The summed E-state index contributed by atoms with van der Waals surface area (Å²) in [6.45, 7) is 4.07. The fourth-order valence-electron chi connectivity index (χ4n) is 2.56. The van der Waals surface area contributed by atoms with E-state index in [1.807, 2.05) is 6.07 Å². The minimum absolute atomic E-state index is 0.132. The zero-order valence-corrected chi connectivity index (χ0v) is 13.7. The van der Waals surface area contributed by atoms with Crippen LogP contribution in [0.2, 0.25) is 0 Å². The Hall–Kier alpha value is -2.60. The van der Waals surface area contributed by atoms with Gasteiger partial charge in [-0.1, -0.05) is 11.8 Å². The topological polar surface area (TPSA) is 106 Å². The Kier molecular flexibility index (Phi) is 3.69.